The molecule has 1 aromatic carbocycles. The molecule has 1 aliphatic heterocycles. The Morgan fingerprint density at radius 3 is 2.90 bits per heavy atom. The Labute approximate surface area is 133 Å². The van der Waals surface area contributed by atoms with Crippen LogP contribution in [-0.2, 0) is 6.54 Å². The molecule has 1 N–H and O–H groups in total. The summed E-state index contributed by atoms with van der Waals surface area (Å²) in [5.74, 6) is 0.668. The lowest BCUT2D eigenvalue weighted by Crippen LogP contribution is -2.32. The van der Waals surface area contributed by atoms with E-state index < -0.39 is 0 Å². The second kappa shape index (κ2) is 8.89. The van der Waals surface area contributed by atoms with Gasteiger partial charge in [0.15, 0.2) is 0 Å². The Hall–Kier alpha value is -1.28. The van der Waals surface area contributed by atoms with Crippen molar-refractivity contribution in [2.24, 2.45) is 0 Å². The molecule has 1 unspecified atom stereocenters. The second-order valence-corrected chi connectivity index (χ2v) is 5.40. The molecule has 1 aromatic rings. The molecule has 0 saturated carbocycles. The third-order valence-corrected chi connectivity index (χ3v) is 3.99. The predicted molar refractivity (Wildman–Crippen MR) is 86.9 cm³/mol. The molecule has 0 aliphatic carbocycles. The maximum atomic E-state index is 9.01. The number of hydrogen-bond acceptors (Lipinski definition) is 4. The van der Waals surface area contributed by atoms with Crippen molar-refractivity contribution in [3.63, 3.8) is 0 Å². The summed E-state index contributed by atoms with van der Waals surface area (Å²) in [6.45, 7) is 3.13. The smallest absolute Gasteiger partial charge is 0.136 e. The fourth-order valence-electron chi connectivity index (χ4n) is 2.78. The first-order valence-electron chi connectivity index (χ1n) is 7.22. The van der Waals surface area contributed by atoms with Gasteiger partial charge < -0.3 is 10.1 Å². The fourth-order valence-corrected chi connectivity index (χ4v) is 2.78. The highest BCUT2D eigenvalue weighted by Crippen LogP contribution is 2.21. The maximum absolute atomic E-state index is 9.01. The van der Waals surface area contributed by atoms with Crippen LogP contribution in [0.25, 0.3) is 0 Å². The number of ether oxygens (including phenoxy) is 1. The Bertz CT molecular complexity index is 479. The van der Waals surface area contributed by atoms with Gasteiger partial charge in [-0.05, 0) is 57.1 Å². The van der Waals surface area contributed by atoms with Crippen LogP contribution in [0.2, 0.25) is 0 Å². The molecule has 5 heteroatoms. The molecule has 0 amide bonds. The summed E-state index contributed by atoms with van der Waals surface area (Å²) in [4.78, 5) is 2.41. The van der Waals surface area contributed by atoms with Crippen LogP contribution in [0, 0.1) is 11.3 Å². The lowest BCUT2D eigenvalue weighted by Gasteiger charge is -2.27. The average Bonchev–Trinajstić information content (AvgIpc) is 2.76. The normalized spacial score (nSPS) is 18.5. The van der Waals surface area contributed by atoms with Crippen molar-refractivity contribution in [3.05, 3.63) is 29.3 Å². The standard InChI is InChI=1S/C16H23N3O.ClH/c1-19(15-4-3-8-18-9-7-15)12-13-5-6-14(11-17)16(10-13)20-2;/h5-6,10,15,18H,3-4,7-9,12H2,1-2H3;1H. The van der Waals surface area contributed by atoms with Crippen LogP contribution in [0.3, 0.4) is 0 Å². The van der Waals surface area contributed by atoms with Gasteiger partial charge in [0.2, 0.25) is 0 Å². The number of halogens is 1. The van der Waals surface area contributed by atoms with Gasteiger partial charge in [-0.15, -0.1) is 12.4 Å². The maximum Gasteiger partial charge on any atom is 0.136 e. The van der Waals surface area contributed by atoms with Gasteiger partial charge in [0.05, 0.1) is 12.7 Å². The number of methoxy groups -OCH3 is 1. The number of nitriles is 1. The first kappa shape index (κ1) is 17.8. The zero-order valence-electron chi connectivity index (χ0n) is 12.8. The van der Waals surface area contributed by atoms with Gasteiger partial charge in [0.25, 0.3) is 0 Å². The summed E-state index contributed by atoms with van der Waals surface area (Å²) in [6.07, 6.45) is 3.69. The molecule has 0 spiro atoms. The third-order valence-electron chi connectivity index (χ3n) is 3.99. The largest absolute Gasteiger partial charge is 0.495 e. The summed E-state index contributed by atoms with van der Waals surface area (Å²) in [5, 5.41) is 12.5. The van der Waals surface area contributed by atoms with Crippen LogP contribution in [0.5, 0.6) is 5.75 Å². The summed E-state index contributed by atoms with van der Waals surface area (Å²) in [6, 6.07) is 8.62. The van der Waals surface area contributed by atoms with E-state index in [0.29, 0.717) is 17.4 Å². The van der Waals surface area contributed by atoms with E-state index in [1.807, 2.05) is 18.2 Å². The van der Waals surface area contributed by atoms with Crippen LogP contribution >= 0.6 is 12.4 Å². The molecule has 116 valence electrons. The molecule has 1 aliphatic rings. The van der Waals surface area contributed by atoms with E-state index in [0.717, 1.165) is 19.6 Å². The van der Waals surface area contributed by atoms with E-state index in [4.69, 9.17) is 10.00 Å². The summed E-state index contributed by atoms with van der Waals surface area (Å²) in [5.41, 5.74) is 1.79. The Morgan fingerprint density at radius 2 is 2.19 bits per heavy atom. The van der Waals surface area contributed by atoms with E-state index in [-0.39, 0.29) is 12.4 Å². The van der Waals surface area contributed by atoms with Crippen molar-refractivity contribution < 1.29 is 4.74 Å². The van der Waals surface area contributed by atoms with Gasteiger partial charge in [0, 0.05) is 12.6 Å². The van der Waals surface area contributed by atoms with Gasteiger partial charge in [-0.3, -0.25) is 4.90 Å². The molecule has 0 aromatic heterocycles. The molecule has 1 fully saturated rings. The Balaban J connectivity index is 0.00000220. The zero-order chi connectivity index (χ0) is 14.4. The number of nitrogens with zero attached hydrogens (tertiary/aromatic N) is 2. The van der Waals surface area contributed by atoms with E-state index >= 15 is 0 Å². The van der Waals surface area contributed by atoms with Gasteiger partial charge in [-0.2, -0.15) is 5.26 Å². The first-order valence-corrected chi connectivity index (χ1v) is 7.22. The first-order chi connectivity index (χ1) is 9.74. The predicted octanol–water partition coefficient (Wildman–Crippen LogP) is 2.56. The lowest BCUT2D eigenvalue weighted by atomic mass is 10.1. The highest BCUT2D eigenvalue weighted by Gasteiger charge is 2.17. The SMILES string of the molecule is COc1cc(CN(C)C2CCCNCC2)ccc1C#N.Cl. The van der Waals surface area contributed by atoms with Crippen molar-refractivity contribution in [3.8, 4) is 11.8 Å². The minimum atomic E-state index is 0. The van der Waals surface area contributed by atoms with E-state index in [9.17, 15) is 0 Å². The number of nitrogens with one attached hydrogen (secondary N) is 1. The molecule has 1 atom stereocenters. The van der Waals surface area contributed by atoms with Crippen LogP contribution in [0.4, 0.5) is 0 Å². The van der Waals surface area contributed by atoms with Gasteiger partial charge in [-0.25, -0.2) is 0 Å². The summed E-state index contributed by atoms with van der Waals surface area (Å²) in [7, 11) is 3.79. The molecule has 4 nitrogen and oxygen atoms in total. The Morgan fingerprint density at radius 1 is 1.38 bits per heavy atom. The molecule has 21 heavy (non-hydrogen) atoms. The van der Waals surface area contributed by atoms with E-state index in [2.05, 4.69) is 23.3 Å². The lowest BCUT2D eigenvalue weighted by molar-refractivity contribution is 0.216. The quantitative estimate of drug-likeness (QED) is 0.928. The van der Waals surface area contributed by atoms with E-state index in [1.165, 1.54) is 24.8 Å². The van der Waals surface area contributed by atoms with Crippen molar-refractivity contribution in [1.82, 2.24) is 10.2 Å². The van der Waals surface area contributed by atoms with Gasteiger partial charge in [-0.1, -0.05) is 6.07 Å². The highest BCUT2D eigenvalue weighted by atomic mass is 35.5. The van der Waals surface area contributed by atoms with Crippen molar-refractivity contribution in [2.75, 3.05) is 27.2 Å². The number of hydrogen-bond donors (Lipinski definition) is 1. The zero-order valence-corrected chi connectivity index (χ0v) is 13.6. The minimum absolute atomic E-state index is 0. The number of rotatable bonds is 4. The van der Waals surface area contributed by atoms with Gasteiger partial charge in [0.1, 0.15) is 11.8 Å². The monoisotopic (exact) mass is 309 g/mol. The number of benzene rings is 1. The summed E-state index contributed by atoms with van der Waals surface area (Å²) >= 11 is 0. The molecular weight excluding hydrogens is 286 g/mol. The molecule has 0 radical (unpaired) electrons. The van der Waals surface area contributed by atoms with Crippen LogP contribution in [0.1, 0.15) is 30.4 Å². The minimum Gasteiger partial charge on any atom is -0.495 e. The molecule has 1 heterocycles. The third kappa shape index (κ3) is 4.89. The molecular formula is C16H24ClN3O. The van der Waals surface area contributed by atoms with Crippen molar-refractivity contribution in [1.29, 1.82) is 5.26 Å². The van der Waals surface area contributed by atoms with Crippen LogP contribution < -0.4 is 10.1 Å². The Kier molecular flexibility index (Phi) is 7.52. The van der Waals surface area contributed by atoms with Crippen LogP contribution in [0.15, 0.2) is 18.2 Å². The van der Waals surface area contributed by atoms with E-state index in [1.54, 1.807) is 7.11 Å². The summed E-state index contributed by atoms with van der Waals surface area (Å²) < 4.78 is 5.27. The molecule has 2 rings (SSSR count). The average molecular weight is 310 g/mol. The van der Waals surface area contributed by atoms with Crippen LogP contribution in [-0.4, -0.2) is 38.2 Å². The fraction of sp³-hybridized carbons (Fsp3) is 0.562. The highest BCUT2D eigenvalue weighted by molar-refractivity contribution is 5.85. The molecule has 0 bridgehead atoms. The van der Waals surface area contributed by atoms with Gasteiger partial charge >= 0.3 is 0 Å². The van der Waals surface area contributed by atoms with Crippen molar-refractivity contribution in [2.45, 2.75) is 31.8 Å². The topological polar surface area (TPSA) is 48.3 Å². The van der Waals surface area contributed by atoms with Crippen molar-refractivity contribution >= 4 is 12.4 Å². The second-order valence-electron chi connectivity index (χ2n) is 5.40. The molecule has 1 saturated heterocycles.